The molecule has 0 amide bonds. The zero-order valence-electron chi connectivity index (χ0n) is 11.6. The number of esters is 2. The molecule has 5 heteroatoms. The number of unbranched alkanes of at least 4 members (excludes halogenated alkanes) is 2. The van der Waals surface area contributed by atoms with Crippen LogP contribution in [0.2, 0.25) is 0 Å². The molecule has 0 aliphatic rings. The highest BCUT2D eigenvalue weighted by atomic mass is 16.6. The van der Waals surface area contributed by atoms with Crippen LogP contribution in [-0.2, 0) is 23.8 Å². The second-order valence-corrected chi connectivity index (χ2v) is 4.02. The lowest BCUT2D eigenvalue weighted by Crippen LogP contribution is -2.29. The van der Waals surface area contributed by atoms with Gasteiger partial charge < -0.3 is 14.2 Å². The van der Waals surface area contributed by atoms with Crippen molar-refractivity contribution in [3.05, 3.63) is 0 Å². The molecule has 5 nitrogen and oxygen atoms in total. The molecule has 0 spiro atoms. The van der Waals surface area contributed by atoms with Gasteiger partial charge in [-0.2, -0.15) is 0 Å². The molecular weight excluding hydrogens is 236 g/mol. The van der Waals surface area contributed by atoms with Crippen LogP contribution in [0.25, 0.3) is 0 Å². The van der Waals surface area contributed by atoms with Gasteiger partial charge in [0, 0.05) is 7.11 Å². The summed E-state index contributed by atoms with van der Waals surface area (Å²) in [4.78, 5) is 23.0. The molecule has 0 saturated heterocycles. The van der Waals surface area contributed by atoms with E-state index in [0.29, 0.717) is 13.2 Å². The Kier molecular flexibility index (Phi) is 10.3. The van der Waals surface area contributed by atoms with Gasteiger partial charge in [-0.15, -0.1) is 0 Å². The first-order chi connectivity index (χ1) is 8.65. The van der Waals surface area contributed by atoms with E-state index in [-0.39, 0.29) is 6.42 Å². The maximum atomic E-state index is 11.6. The highest BCUT2D eigenvalue weighted by Gasteiger charge is 2.23. The van der Waals surface area contributed by atoms with Crippen LogP contribution in [0.5, 0.6) is 0 Å². The van der Waals surface area contributed by atoms with Crippen molar-refractivity contribution in [2.45, 2.75) is 52.1 Å². The van der Waals surface area contributed by atoms with Crippen molar-refractivity contribution in [3.63, 3.8) is 0 Å². The summed E-state index contributed by atoms with van der Waals surface area (Å²) in [6.07, 6.45) is 2.58. The summed E-state index contributed by atoms with van der Waals surface area (Å²) in [7, 11) is 1.38. The lowest BCUT2D eigenvalue weighted by molar-refractivity contribution is -0.162. The molecule has 0 heterocycles. The van der Waals surface area contributed by atoms with Crippen molar-refractivity contribution >= 4 is 11.9 Å². The fourth-order valence-electron chi connectivity index (χ4n) is 1.21. The Morgan fingerprint density at radius 1 is 1.00 bits per heavy atom. The Balaban J connectivity index is 3.93. The van der Waals surface area contributed by atoms with E-state index in [4.69, 9.17) is 14.2 Å². The van der Waals surface area contributed by atoms with E-state index in [2.05, 4.69) is 0 Å². The number of rotatable bonds is 10. The fraction of sp³-hybridized carbons (Fsp3) is 0.846. The Labute approximate surface area is 109 Å². The standard InChI is InChI=1S/C13H24O5/c1-4-6-8-17-12(14)10-11(16-3)13(15)18-9-7-5-2/h11H,4-10H2,1-3H3/t11-/m0/s1. The average molecular weight is 260 g/mol. The number of hydrogen-bond acceptors (Lipinski definition) is 5. The fourth-order valence-corrected chi connectivity index (χ4v) is 1.21. The van der Waals surface area contributed by atoms with Gasteiger partial charge in [0.15, 0.2) is 6.10 Å². The van der Waals surface area contributed by atoms with E-state index in [1.54, 1.807) is 0 Å². The zero-order valence-corrected chi connectivity index (χ0v) is 11.6. The molecule has 0 aromatic rings. The number of hydrogen-bond donors (Lipinski definition) is 0. The average Bonchev–Trinajstić information content (AvgIpc) is 2.36. The van der Waals surface area contributed by atoms with Crippen LogP contribution in [0.3, 0.4) is 0 Å². The molecule has 1 atom stereocenters. The maximum Gasteiger partial charge on any atom is 0.335 e. The minimum absolute atomic E-state index is 0.0921. The first kappa shape index (κ1) is 16.9. The summed E-state index contributed by atoms with van der Waals surface area (Å²) in [5.41, 5.74) is 0. The zero-order chi connectivity index (χ0) is 13.8. The van der Waals surface area contributed by atoms with Crippen molar-refractivity contribution < 1.29 is 23.8 Å². The molecule has 0 unspecified atom stereocenters. The first-order valence-corrected chi connectivity index (χ1v) is 6.50. The summed E-state index contributed by atoms with van der Waals surface area (Å²) in [5, 5.41) is 0. The van der Waals surface area contributed by atoms with E-state index >= 15 is 0 Å². The topological polar surface area (TPSA) is 61.8 Å². The largest absolute Gasteiger partial charge is 0.466 e. The predicted molar refractivity (Wildman–Crippen MR) is 67.1 cm³/mol. The normalized spacial score (nSPS) is 11.9. The van der Waals surface area contributed by atoms with E-state index in [1.807, 2.05) is 13.8 Å². The van der Waals surface area contributed by atoms with Crippen LogP contribution in [0.15, 0.2) is 0 Å². The summed E-state index contributed by atoms with van der Waals surface area (Å²) in [6.45, 7) is 4.76. The molecule has 0 aromatic heterocycles. The molecule has 0 aliphatic heterocycles. The number of ether oxygens (including phenoxy) is 3. The van der Waals surface area contributed by atoms with Gasteiger partial charge in [-0.1, -0.05) is 26.7 Å². The minimum Gasteiger partial charge on any atom is -0.466 e. The third kappa shape index (κ3) is 8.06. The third-order valence-corrected chi connectivity index (χ3v) is 2.40. The van der Waals surface area contributed by atoms with E-state index in [9.17, 15) is 9.59 Å². The van der Waals surface area contributed by atoms with Crippen LogP contribution in [0.1, 0.15) is 46.0 Å². The number of carbonyl (C=O) groups is 2. The minimum atomic E-state index is -0.865. The predicted octanol–water partition coefficient (Wildman–Crippen LogP) is 2.08. The lowest BCUT2D eigenvalue weighted by Gasteiger charge is -2.13. The van der Waals surface area contributed by atoms with Gasteiger partial charge in [0.25, 0.3) is 0 Å². The summed E-state index contributed by atoms with van der Waals surface area (Å²) >= 11 is 0. The highest BCUT2D eigenvalue weighted by molar-refractivity contribution is 5.81. The molecule has 0 fully saturated rings. The molecule has 0 N–H and O–H groups in total. The summed E-state index contributed by atoms with van der Waals surface area (Å²) < 4.78 is 14.9. The van der Waals surface area contributed by atoms with Gasteiger partial charge in [-0.3, -0.25) is 4.79 Å². The van der Waals surface area contributed by atoms with Gasteiger partial charge in [0.2, 0.25) is 0 Å². The van der Waals surface area contributed by atoms with Crippen LogP contribution in [0, 0.1) is 0 Å². The third-order valence-electron chi connectivity index (χ3n) is 2.40. The van der Waals surface area contributed by atoms with Crippen LogP contribution >= 0.6 is 0 Å². The van der Waals surface area contributed by atoms with Gasteiger partial charge in [-0.05, 0) is 12.8 Å². The van der Waals surface area contributed by atoms with Crippen molar-refractivity contribution in [2.75, 3.05) is 20.3 Å². The second-order valence-electron chi connectivity index (χ2n) is 4.02. The van der Waals surface area contributed by atoms with Gasteiger partial charge >= 0.3 is 11.9 Å². The van der Waals surface area contributed by atoms with Gasteiger partial charge in [0.1, 0.15) is 0 Å². The molecular formula is C13H24O5. The molecule has 0 aliphatic carbocycles. The first-order valence-electron chi connectivity index (χ1n) is 6.50. The number of carbonyl (C=O) groups excluding carboxylic acids is 2. The molecule has 0 bridgehead atoms. The molecule has 106 valence electrons. The molecule has 18 heavy (non-hydrogen) atoms. The smallest absolute Gasteiger partial charge is 0.335 e. The second kappa shape index (κ2) is 11.0. The Morgan fingerprint density at radius 3 is 2.06 bits per heavy atom. The summed E-state index contributed by atoms with van der Waals surface area (Å²) in [6, 6.07) is 0. The molecule has 0 radical (unpaired) electrons. The molecule has 0 saturated carbocycles. The Bertz CT molecular complexity index is 240. The monoisotopic (exact) mass is 260 g/mol. The van der Waals surface area contributed by atoms with Crippen molar-refractivity contribution in [1.82, 2.24) is 0 Å². The molecule has 0 rings (SSSR count). The highest BCUT2D eigenvalue weighted by Crippen LogP contribution is 2.04. The van der Waals surface area contributed by atoms with E-state index < -0.39 is 18.0 Å². The van der Waals surface area contributed by atoms with Crippen molar-refractivity contribution in [1.29, 1.82) is 0 Å². The van der Waals surface area contributed by atoms with E-state index in [0.717, 1.165) is 25.7 Å². The summed E-state index contributed by atoms with van der Waals surface area (Å²) in [5.74, 6) is -0.930. The quantitative estimate of drug-likeness (QED) is 0.444. The van der Waals surface area contributed by atoms with Crippen LogP contribution in [0.4, 0.5) is 0 Å². The number of methoxy groups -OCH3 is 1. The SMILES string of the molecule is CCCCOC(=O)C[C@H](OC)C(=O)OCCCC. The van der Waals surface area contributed by atoms with Gasteiger partial charge in [0.05, 0.1) is 19.6 Å². The maximum absolute atomic E-state index is 11.6. The van der Waals surface area contributed by atoms with Crippen molar-refractivity contribution in [2.24, 2.45) is 0 Å². The van der Waals surface area contributed by atoms with Gasteiger partial charge in [-0.25, -0.2) is 4.79 Å². The van der Waals surface area contributed by atoms with Crippen LogP contribution in [-0.4, -0.2) is 38.4 Å². The van der Waals surface area contributed by atoms with E-state index in [1.165, 1.54) is 7.11 Å². The Hall–Kier alpha value is -1.10. The van der Waals surface area contributed by atoms with Crippen LogP contribution < -0.4 is 0 Å². The van der Waals surface area contributed by atoms with Crippen molar-refractivity contribution in [3.8, 4) is 0 Å². The molecule has 0 aromatic carbocycles. The Morgan fingerprint density at radius 2 is 1.56 bits per heavy atom. The lowest BCUT2D eigenvalue weighted by atomic mass is 10.2.